The third-order valence-electron chi connectivity index (χ3n) is 4.90. The molecule has 0 bridgehead atoms. The van der Waals surface area contributed by atoms with Crippen LogP contribution in [0.3, 0.4) is 0 Å². The largest absolute Gasteiger partial charge is 0.372 e. The Morgan fingerprint density at radius 2 is 2.12 bits per heavy atom. The first-order valence-corrected chi connectivity index (χ1v) is 10.9. The highest BCUT2D eigenvalue weighted by Crippen LogP contribution is 2.35. The van der Waals surface area contributed by atoms with Gasteiger partial charge >= 0.3 is 0 Å². The van der Waals surface area contributed by atoms with Gasteiger partial charge in [0.25, 0.3) is 5.56 Å². The molecule has 0 spiro atoms. The molecular formula is C20H22N2O2S2. The van der Waals surface area contributed by atoms with Crippen molar-refractivity contribution in [2.45, 2.75) is 44.7 Å². The fourth-order valence-corrected chi connectivity index (χ4v) is 5.15. The molecule has 0 saturated heterocycles. The second-order valence-electron chi connectivity index (χ2n) is 6.96. The van der Waals surface area contributed by atoms with Gasteiger partial charge in [0.1, 0.15) is 4.83 Å². The molecule has 0 radical (unpaired) electrons. The fraction of sp³-hybridized carbons (Fsp3) is 0.400. The number of hydrogen-bond acceptors (Lipinski definition) is 5. The molecule has 3 heterocycles. The van der Waals surface area contributed by atoms with E-state index in [1.807, 2.05) is 41.2 Å². The van der Waals surface area contributed by atoms with Crippen molar-refractivity contribution in [1.29, 1.82) is 0 Å². The van der Waals surface area contributed by atoms with Crippen molar-refractivity contribution in [2.24, 2.45) is 5.92 Å². The van der Waals surface area contributed by atoms with Gasteiger partial charge in [-0.2, -0.15) is 0 Å². The van der Waals surface area contributed by atoms with E-state index >= 15 is 0 Å². The highest BCUT2D eigenvalue weighted by Gasteiger charge is 2.28. The van der Waals surface area contributed by atoms with E-state index < -0.39 is 0 Å². The summed E-state index contributed by atoms with van der Waals surface area (Å²) in [4.78, 5) is 20.2. The lowest BCUT2D eigenvalue weighted by atomic mass is 9.96. The second-order valence-corrected chi connectivity index (χ2v) is 8.81. The van der Waals surface area contributed by atoms with E-state index in [2.05, 4.69) is 13.8 Å². The summed E-state index contributed by atoms with van der Waals surface area (Å²) in [6, 6.07) is 10.1. The van der Waals surface area contributed by atoms with Gasteiger partial charge in [-0.1, -0.05) is 55.9 Å². The summed E-state index contributed by atoms with van der Waals surface area (Å²) in [7, 11) is 0. The van der Waals surface area contributed by atoms with Crippen molar-refractivity contribution in [3.63, 3.8) is 0 Å². The Morgan fingerprint density at radius 1 is 1.35 bits per heavy atom. The van der Waals surface area contributed by atoms with E-state index in [4.69, 9.17) is 9.72 Å². The third-order valence-corrected chi connectivity index (χ3v) is 6.68. The molecule has 3 aromatic rings. The molecule has 1 aromatic carbocycles. The lowest BCUT2D eigenvalue weighted by molar-refractivity contribution is 0.00200. The molecule has 1 unspecified atom stereocenters. The molecule has 0 fully saturated rings. The molecule has 26 heavy (non-hydrogen) atoms. The minimum Gasteiger partial charge on any atom is -0.372 e. The fourth-order valence-electron chi connectivity index (χ4n) is 3.43. The molecule has 0 N–H and O–H groups in total. The maximum Gasteiger partial charge on any atom is 0.263 e. The Balaban J connectivity index is 1.86. The zero-order valence-electron chi connectivity index (χ0n) is 15.2. The number of aromatic nitrogens is 2. The summed E-state index contributed by atoms with van der Waals surface area (Å²) in [5.41, 5.74) is 2.34. The van der Waals surface area contributed by atoms with Gasteiger partial charge in [-0.15, -0.1) is 11.3 Å². The molecule has 6 heteroatoms. The summed E-state index contributed by atoms with van der Waals surface area (Å²) in [6.45, 7) is 5.48. The van der Waals surface area contributed by atoms with Crippen molar-refractivity contribution in [3.05, 3.63) is 56.7 Å². The third kappa shape index (κ3) is 3.10. The molecule has 136 valence electrons. The van der Waals surface area contributed by atoms with Crippen LogP contribution < -0.4 is 5.56 Å². The van der Waals surface area contributed by atoms with Gasteiger partial charge in [-0.3, -0.25) is 9.36 Å². The average molecular weight is 387 g/mol. The Kier molecular flexibility index (Phi) is 4.90. The van der Waals surface area contributed by atoms with E-state index in [1.54, 1.807) is 11.3 Å². The Hall–Kier alpha value is -1.63. The predicted molar refractivity (Wildman–Crippen MR) is 108 cm³/mol. The summed E-state index contributed by atoms with van der Waals surface area (Å²) in [5.74, 6) is 0.433. The SMILES string of the molecule is CSc1nc2sc3c(c2c(=O)n1Cc1ccccc1)CC(C(C)C)OC3. The van der Waals surface area contributed by atoms with Crippen LogP contribution in [0.15, 0.2) is 40.3 Å². The monoisotopic (exact) mass is 386 g/mol. The maximum absolute atomic E-state index is 13.4. The molecular weight excluding hydrogens is 364 g/mol. The number of fused-ring (bicyclic) bond motifs is 3. The Labute approximate surface area is 161 Å². The molecule has 4 rings (SSSR count). The molecule has 0 saturated carbocycles. The standard InChI is InChI=1S/C20H22N2O2S2/c1-12(2)15-9-14-16(11-24-15)26-18-17(14)19(23)22(20(21-18)25-3)10-13-7-5-4-6-8-13/h4-8,12,15H,9-11H2,1-3H3. The van der Waals surface area contributed by atoms with Crippen LogP contribution in [-0.2, 0) is 24.3 Å². The van der Waals surface area contributed by atoms with Gasteiger partial charge in [0.05, 0.1) is 24.6 Å². The highest BCUT2D eigenvalue weighted by molar-refractivity contribution is 7.98. The lowest BCUT2D eigenvalue weighted by Gasteiger charge is -2.26. The van der Waals surface area contributed by atoms with Crippen molar-refractivity contribution >= 4 is 33.3 Å². The van der Waals surface area contributed by atoms with E-state index in [0.717, 1.165) is 37.8 Å². The summed E-state index contributed by atoms with van der Waals surface area (Å²) in [5, 5.41) is 1.57. The maximum atomic E-state index is 13.4. The first kappa shape index (κ1) is 17.8. The first-order valence-electron chi connectivity index (χ1n) is 8.83. The van der Waals surface area contributed by atoms with Gasteiger partial charge in [0, 0.05) is 11.3 Å². The predicted octanol–water partition coefficient (Wildman–Crippen LogP) is 4.33. The van der Waals surface area contributed by atoms with E-state index in [-0.39, 0.29) is 11.7 Å². The summed E-state index contributed by atoms with van der Waals surface area (Å²) in [6.07, 6.45) is 2.94. The molecule has 1 aliphatic rings. The Bertz CT molecular complexity index is 992. The van der Waals surface area contributed by atoms with Crippen LogP contribution >= 0.6 is 23.1 Å². The van der Waals surface area contributed by atoms with Crippen LogP contribution in [0.25, 0.3) is 10.2 Å². The van der Waals surface area contributed by atoms with Crippen LogP contribution in [0, 0.1) is 5.92 Å². The summed E-state index contributed by atoms with van der Waals surface area (Å²) < 4.78 is 7.80. The van der Waals surface area contributed by atoms with Crippen molar-refractivity contribution in [2.75, 3.05) is 6.26 Å². The van der Waals surface area contributed by atoms with Crippen molar-refractivity contribution in [3.8, 4) is 0 Å². The van der Waals surface area contributed by atoms with Crippen molar-refractivity contribution < 1.29 is 4.74 Å². The smallest absolute Gasteiger partial charge is 0.263 e. The average Bonchev–Trinajstić information content (AvgIpc) is 3.02. The van der Waals surface area contributed by atoms with Crippen LogP contribution in [0.4, 0.5) is 0 Å². The molecule has 2 aromatic heterocycles. The van der Waals surface area contributed by atoms with Gasteiger partial charge < -0.3 is 4.74 Å². The van der Waals surface area contributed by atoms with Crippen LogP contribution in [-0.4, -0.2) is 21.9 Å². The number of thiophene rings is 1. The number of ether oxygens (including phenoxy) is 1. The number of thioether (sulfide) groups is 1. The normalized spacial score (nSPS) is 17.0. The molecule has 0 amide bonds. The van der Waals surface area contributed by atoms with Crippen LogP contribution in [0.2, 0.25) is 0 Å². The van der Waals surface area contributed by atoms with Gasteiger partial charge in [-0.05, 0) is 23.3 Å². The van der Waals surface area contributed by atoms with Crippen LogP contribution in [0.5, 0.6) is 0 Å². The van der Waals surface area contributed by atoms with Gasteiger partial charge in [-0.25, -0.2) is 4.98 Å². The number of hydrogen-bond donors (Lipinski definition) is 0. The van der Waals surface area contributed by atoms with Crippen LogP contribution in [0.1, 0.15) is 29.9 Å². The van der Waals surface area contributed by atoms with E-state index in [1.165, 1.54) is 11.8 Å². The minimum atomic E-state index is 0.0742. The van der Waals surface area contributed by atoms with Gasteiger partial charge in [0.15, 0.2) is 5.16 Å². The molecule has 1 atom stereocenters. The van der Waals surface area contributed by atoms with Gasteiger partial charge in [0.2, 0.25) is 0 Å². The highest BCUT2D eigenvalue weighted by atomic mass is 32.2. The number of benzene rings is 1. The quantitative estimate of drug-likeness (QED) is 0.495. The molecule has 4 nitrogen and oxygen atoms in total. The number of rotatable bonds is 4. The number of nitrogens with zero attached hydrogens (tertiary/aromatic N) is 2. The molecule has 0 aliphatic carbocycles. The minimum absolute atomic E-state index is 0.0742. The zero-order chi connectivity index (χ0) is 18.3. The summed E-state index contributed by atoms with van der Waals surface area (Å²) >= 11 is 3.13. The zero-order valence-corrected chi connectivity index (χ0v) is 16.8. The van der Waals surface area contributed by atoms with Crippen molar-refractivity contribution in [1.82, 2.24) is 9.55 Å². The molecule has 1 aliphatic heterocycles. The second kappa shape index (κ2) is 7.18. The first-order chi connectivity index (χ1) is 12.6. The van der Waals surface area contributed by atoms with E-state index in [9.17, 15) is 4.79 Å². The Morgan fingerprint density at radius 3 is 2.81 bits per heavy atom. The lowest BCUT2D eigenvalue weighted by Crippen LogP contribution is -2.28. The van der Waals surface area contributed by atoms with E-state index in [0.29, 0.717) is 19.1 Å². The topological polar surface area (TPSA) is 44.1 Å².